The lowest BCUT2D eigenvalue weighted by atomic mass is 10.1. The summed E-state index contributed by atoms with van der Waals surface area (Å²) in [6.45, 7) is 3.95. The molecule has 0 aromatic carbocycles. The van der Waals surface area contributed by atoms with Gasteiger partial charge in [-0.05, 0) is 31.2 Å². The van der Waals surface area contributed by atoms with E-state index in [1.165, 1.54) is 23.1 Å². The monoisotopic (exact) mass is 415 g/mol. The Kier molecular flexibility index (Phi) is 6.03. The maximum Gasteiger partial charge on any atom is 0.277 e. The highest BCUT2D eigenvalue weighted by Gasteiger charge is 2.36. The Morgan fingerprint density at radius 3 is 2.92 bits per heavy atom. The van der Waals surface area contributed by atoms with Crippen molar-refractivity contribution in [2.75, 3.05) is 17.3 Å². The normalized spacial score (nSPS) is 20.2. The zero-order valence-corrected chi connectivity index (χ0v) is 17.1. The summed E-state index contributed by atoms with van der Waals surface area (Å²) in [5, 5.41) is 10.2. The van der Waals surface area contributed by atoms with Gasteiger partial charge in [0.1, 0.15) is 0 Å². The van der Waals surface area contributed by atoms with Crippen LogP contribution >= 0.6 is 23.1 Å². The number of carbonyl (C=O) groups excluding carboxylic acids is 1. The second kappa shape index (κ2) is 8.10. The van der Waals surface area contributed by atoms with Crippen LogP contribution in [0.25, 0.3) is 10.8 Å². The smallest absolute Gasteiger partial charge is 0.277 e. The van der Waals surface area contributed by atoms with Gasteiger partial charge in [-0.1, -0.05) is 24.8 Å². The van der Waals surface area contributed by atoms with E-state index in [9.17, 15) is 13.2 Å². The Morgan fingerprint density at radius 2 is 2.31 bits per heavy atom. The second-order valence-electron chi connectivity index (χ2n) is 6.25. The summed E-state index contributed by atoms with van der Waals surface area (Å²) < 4.78 is 29.2. The maximum absolute atomic E-state index is 12.8. The van der Waals surface area contributed by atoms with Crippen molar-refractivity contribution in [3.05, 3.63) is 17.5 Å². The number of nitrogens with zero attached hydrogens (tertiary/aromatic N) is 3. The van der Waals surface area contributed by atoms with Crippen LogP contribution in [0, 0.1) is 0 Å². The fraction of sp³-hybridized carbons (Fsp3) is 0.562. The molecule has 2 aromatic rings. The number of rotatable bonds is 7. The molecule has 1 saturated heterocycles. The molecule has 0 aliphatic carbocycles. The Labute approximate surface area is 161 Å². The summed E-state index contributed by atoms with van der Waals surface area (Å²) >= 11 is 2.69. The van der Waals surface area contributed by atoms with Crippen LogP contribution in [0.5, 0.6) is 0 Å². The average molecular weight is 416 g/mol. The molecule has 1 amide bonds. The van der Waals surface area contributed by atoms with Gasteiger partial charge in [-0.2, -0.15) is 0 Å². The highest BCUT2D eigenvalue weighted by molar-refractivity contribution is 7.99. The molecule has 0 radical (unpaired) electrons. The maximum atomic E-state index is 12.8. The van der Waals surface area contributed by atoms with Crippen molar-refractivity contribution in [3.63, 3.8) is 0 Å². The molecule has 1 fully saturated rings. The van der Waals surface area contributed by atoms with Crippen molar-refractivity contribution in [2.45, 2.75) is 44.0 Å². The van der Waals surface area contributed by atoms with Crippen LogP contribution in [-0.2, 0) is 14.6 Å². The lowest BCUT2D eigenvalue weighted by Gasteiger charge is -2.33. The minimum absolute atomic E-state index is 0.00855. The van der Waals surface area contributed by atoms with Crippen LogP contribution in [0.15, 0.2) is 27.2 Å². The van der Waals surface area contributed by atoms with Crippen molar-refractivity contribution in [2.24, 2.45) is 0 Å². The number of carbonyl (C=O) groups is 1. The van der Waals surface area contributed by atoms with Gasteiger partial charge in [0.05, 0.1) is 22.1 Å². The Hall–Kier alpha value is -1.39. The molecule has 7 nitrogen and oxygen atoms in total. The van der Waals surface area contributed by atoms with Gasteiger partial charge in [0.2, 0.25) is 5.91 Å². The summed E-state index contributed by atoms with van der Waals surface area (Å²) in [7, 11) is -3.05. The summed E-state index contributed by atoms with van der Waals surface area (Å²) in [6.07, 6.45) is 1.28. The molecule has 2 aromatic heterocycles. The first-order chi connectivity index (χ1) is 12.4. The summed E-state index contributed by atoms with van der Waals surface area (Å²) in [5.74, 6) is 0.695. The van der Waals surface area contributed by atoms with E-state index in [1.807, 2.05) is 31.4 Å². The van der Waals surface area contributed by atoms with Crippen molar-refractivity contribution >= 4 is 38.8 Å². The van der Waals surface area contributed by atoms with E-state index in [0.29, 0.717) is 17.5 Å². The van der Waals surface area contributed by atoms with Gasteiger partial charge in [-0.3, -0.25) is 4.79 Å². The number of hydrogen-bond donors (Lipinski definition) is 0. The van der Waals surface area contributed by atoms with E-state index >= 15 is 0 Å². The number of thiophene rings is 1. The number of sulfone groups is 1. The Bertz CT molecular complexity index is 848. The quantitative estimate of drug-likeness (QED) is 0.642. The standard InChI is InChI=1S/C16H21N3O4S3/c1-3-11(2)19(12-6-8-26(21,22)10-12)14(20)9-25-16-18-17-15(23-16)13-5-4-7-24-13/h4-5,7,11-12H,3,6,8-10H2,1-2H3/t11-,12-/m1/s1. The Balaban J connectivity index is 1.64. The SMILES string of the molecule is CC[C@@H](C)N(C(=O)CSc1nnc(-c2cccs2)o1)[C@@H]1CCS(=O)(=O)C1. The third-order valence-electron chi connectivity index (χ3n) is 4.41. The zero-order chi connectivity index (χ0) is 18.7. The van der Waals surface area contributed by atoms with Crippen LogP contribution in [0.3, 0.4) is 0 Å². The first-order valence-electron chi connectivity index (χ1n) is 8.41. The number of hydrogen-bond acceptors (Lipinski definition) is 8. The minimum atomic E-state index is -3.05. The number of thioether (sulfide) groups is 1. The number of amides is 1. The fourth-order valence-electron chi connectivity index (χ4n) is 2.97. The summed E-state index contributed by atoms with van der Waals surface area (Å²) in [5.41, 5.74) is 0. The molecule has 0 unspecified atom stereocenters. The molecule has 0 saturated carbocycles. The van der Waals surface area contributed by atoms with E-state index < -0.39 is 9.84 Å². The van der Waals surface area contributed by atoms with Gasteiger partial charge < -0.3 is 9.32 Å². The minimum Gasteiger partial charge on any atom is -0.410 e. The molecule has 2 atom stereocenters. The topological polar surface area (TPSA) is 93.4 Å². The molecule has 1 aliphatic rings. The molecular formula is C16H21N3O4S3. The second-order valence-corrected chi connectivity index (χ2v) is 10.4. The summed E-state index contributed by atoms with van der Waals surface area (Å²) in [6, 6.07) is 3.54. The van der Waals surface area contributed by atoms with Crippen LogP contribution < -0.4 is 0 Å². The molecule has 142 valence electrons. The van der Waals surface area contributed by atoms with Gasteiger partial charge in [0, 0.05) is 12.1 Å². The molecule has 10 heteroatoms. The van der Waals surface area contributed by atoms with Crippen molar-refractivity contribution in [3.8, 4) is 10.8 Å². The van der Waals surface area contributed by atoms with Crippen LogP contribution in [0.4, 0.5) is 0 Å². The Morgan fingerprint density at radius 1 is 1.50 bits per heavy atom. The van der Waals surface area contributed by atoms with E-state index in [4.69, 9.17) is 4.42 Å². The molecule has 0 bridgehead atoms. The third kappa shape index (κ3) is 4.47. The molecule has 1 aliphatic heterocycles. The third-order valence-corrected chi connectivity index (χ3v) is 7.82. The molecule has 3 heterocycles. The van der Waals surface area contributed by atoms with Crippen molar-refractivity contribution in [1.29, 1.82) is 0 Å². The molecular weight excluding hydrogens is 394 g/mol. The fourth-order valence-corrected chi connectivity index (χ4v) is 5.95. The molecule has 0 spiro atoms. The first kappa shape index (κ1) is 19.4. The van der Waals surface area contributed by atoms with Crippen LogP contribution in [0.1, 0.15) is 26.7 Å². The van der Waals surface area contributed by atoms with Gasteiger partial charge in [-0.25, -0.2) is 8.42 Å². The highest BCUT2D eigenvalue weighted by Crippen LogP contribution is 2.28. The first-order valence-corrected chi connectivity index (χ1v) is 12.1. The lowest BCUT2D eigenvalue weighted by Crippen LogP contribution is -2.47. The van der Waals surface area contributed by atoms with Crippen LogP contribution in [0.2, 0.25) is 0 Å². The van der Waals surface area contributed by atoms with Gasteiger partial charge in [0.15, 0.2) is 9.84 Å². The van der Waals surface area contributed by atoms with Gasteiger partial charge in [-0.15, -0.1) is 21.5 Å². The highest BCUT2D eigenvalue weighted by atomic mass is 32.2. The largest absolute Gasteiger partial charge is 0.410 e. The predicted molar refractivity (Wildman–Crippen MR) is 102 cm³/mol. The molecule has 3 rings (SSSR count). The van der Waals surface area contributed by atoms with Crippen LogP contribution in [-0.4, -0.2) is 58.8 Å². The van der Waals surface area contributed by atoms with Gasteiger partial charge in [0.25, 0.3) is 11.1 Å². The lowest BCUT2D eigenvalue weighted by molar-refractivity contribution is -0.132. The van der Waals surface area contributed by atoms with Gasteiger partial charge >= 0.3 is 0 Å². The van der Waals surface area contributed by atoms with E-state index in [2.05, 4.69) is 10.2 Å². The number of aromatic nitrogens is 2. The predicted octanol–water partition coefficient (Wildman–Crippen LogP) is 2.70. The summed E-state index contributed by atoms with van der Waals surface area (Å²) in [4.78, 5) is 15.4. The average Bonchev–Trinajstić information content (AvgIpc) is 3.33. The van der Waals surface area contributed by atoms with E-state index in [1.54, 1.807) is 4.90 Å². The van der Waals surface area contributed by atoms with Crippen molar-refractivity contribution < 1.29 is 17.6 Å². The zero-order valence-electron chi connectivity index (χ0n) is 14.6. The molecule has 0 N–H and O–H groups in total. The van der Waals surface area contributed by atoms with E-state index in [0.717, 1.165) is 11.3 Å². The molecule has 26 heavy (non-hydrogen) atoms. The van der Waals surface area contributed by atoms with Crippen molar-refractivity contribution in [1.82, 2.24) is 15.1 Å². The van der Waals surface area contributed by atoms with E-state index in [-0.39, 0.29) is 35.2 Å².